The van der Waals surface area contributed by atoms with Crippen molar-refractivity contribution in [2.24, 2.45) is 11.8 Å². The average molecular weight is 352 g/mol. The second-order valence-electron chi connectivity index (χ2n) is 7.74. The van der Waals surface area contributed by atoms with Crippen LogP contribution in [0.5, 0.6) is 0 Å². The lowest BCUT2D eigenvalue weighted by Gasteiger charge is -2.43. The number of allylic oxidation sites excluding steroid dienone is 2. The quantitative estimate of drug-likeness (QED) is 0.748. The average Bonchev–Trinajstić information content (AvgIpc) is 3.09. The first kappa shape index (κ1) is 16.7. The molecule has 0 amide bonds. The molecule has 0 saturated heterocycles. The molecule has 2 aromatic rings. The largest absolute Gasteiger partial charge is 0.294 e. The van der Waals surface area contributed by atoms with Crippen molar-refractivity contribution in [2.45, 2.75) is 51.9 Å². The molecular formula is C22H25NOS. The number of carbonyl (C=O) groups excluding carboxylic acids is 1. The Bertz CT molecular complexity index is 833. The topological polar surface area (TPSA) is 30.0 Å². The maximum absolute atomic E-state index is 13.3. The Hall–Kier alpha value is -1.74. The predicted octanol–water partition coefficient (Wildman–Crippen LogP) is 5.33. The van der Waals surface area contributed by atoms with Crippen molar-refractivity contribution >= 4 is 17.1 Å². The maximum atomic E-state index is 13.3. The molecule has 3 heteroatoms. The van der Waals surface area contributed by atoms with Crippen molar-refractivity contribution < 1.29 is 4.79 Å². The molecule has 130 valence electrons. The van der Waals surface area contributed by atoms with Gasteiger partial charge in [0.15, 0.2) is 5.78 Å². The molecule has 0 fully saturated rings. The summed E-state index contributed by atoms with van der Waals surface area (Å²) >= 11 is 1.72. The number of carbonyl (C=O) groups is 1. The number of benzene rings is 1. The molecule has 2 nitrogen and oxygen atoms in total. The van der Waals surface area contributed by atoms with Crippen LogP contribution in [-0.2, 0) is 16.6 Å². The van der Waals surface area contributed by atoms with Crippen LogP contribution in [0.3, 0.4) is 0 Å². The van der Waals surface area contributed by atoms with Crippen LogP contribution in [0.25, 0.3) is 0 Å². The first-order chi connectivity index (χ1) is 12.1. The third kappa shape index (κ3) is 2.43. The molecule has 1 heterocycles. The number of hydrogen-bond acceptors (Lipinski definition) is 3. The highest BCUT2D eigenvalue weighted by molar-refractivity contribution is 7.10. The summed E-state index contributed by atoms with van der Waals surface area (Å²) < 4.78 is 0. The fourth-order valence-electron chi connectivity index (χ4n) is 4.80. The van der Waals surface area contributed by atoms with Gasteiger partial charge in [0.05, 0.1) is 16.6 Å². The maximum Gasteiger partial charge on any atom is 0.160 e. The van der Waals surface area contributed by atoms with Crippen LogP contribution in [0.1, 0.15) is 56.2 Å². The van der Waals surface area contributed by atoms with Gasteiger partial charge in [0.25, 0.3) is 0 Å². The van der Waals surface area contributed by atoms with Gasteiger partial charge in [-0.1, -0.05) is 56.7 Å². The standard InChI is InChI=1S/C22H25NOS/c1-4-22(17-8-6-5-7-9-17)20-16(11-18-21(22)25-13-23-18)10-15(14(2)3)12-19(20)24/h5-9,13-15H,4,10-12H2,1-3H3. The van der Waals surface area contributed by atoms with E-state index in [1.807, 2.05) is 5.51 Å². The van der Waals surface area contributed by atoms with Crippen LogP contribution >= 0.6 is 11.3 Å². The fraction of sp³-hybridized carbons (Fsp3) is 0.455. The van der Waals surface area contributed by atoms with E-state index in [2.05, 4.69) is 56.1 Å². The molecule has 25 heavy (non-hydrogen) atoms. The summed E-state index contributed by atoms with van der Waals surface area (Å²) in [7, 11) is 0. The summed E-state index contributed by atoms with van der Waals surface area (Å²) in [6.07, 6.45) is 3.50. The summed E-state index contributed by atoms with van der Waals surface area (Å²) in [5, 5.41) is 0. The summed E-state index contributed by atoms with van der Waals surface area (Å²) in [4.78, 5) is 19.3. The number of rotatable bonds is 3. The number of hydrogen-bond donors (Lipinski definition) is 0. The lowest BCUT2D eigenvalue weighted by atomic mass is 9.60. The molecule has 0 radical (unpaired) electrons. The van der Waals surface area contributed by atoms with Crippen molar-refractivity contribution in [3.63, 3.8) is 0 Å². The Morgan fingerprint density at radius 2 is 2.00 bits per heavy atom. The highest BCUT2D eigenvalue weighted by atomic mass is 32.1. The fourth-order valence-corrected chi connectivity index (χ4v) is 5.91. The Morgan fingerprint density at radius 3 is 2.68 bits per heavy atom. The van der Waals surface area contributed by atoms with Crippen molar-refractivity contribution in [1.29, 1.82) is 0 Å². The van der Waals surface area contributed by atoms with E-state index >= 15 is 0 Å². The van der Waals surface area contributed by atoms with Crippen LogP contribution < -0.4 is 0 Å². The van der Waals surface area contributed by atoms with Gasteiger partial charge in [-0.15, -0.1) is 11.3 Å². The molecule has 0 spiro atoms. The van der Waals surface area contributed by atoms with E-state index in [4.69, 9.17) is 0 Å². The highest BCUT2D eigenvalue weighted by Crippen LogP contribution is 2.53. The van der Waals surface area contributed by atoms with Gasteiger partial charge in [-0.25, -0.2) is 4.98 Å². The highest BCUT2D eigenvalue weighted by Gasteiger charge is 2.48. The molecule has 4 rings (SSSR count). The summed E-state index contributed by atoms with van der Waals surface area (Å²) in [5.74, 6) is 1.38. The number of fused-ring (bicyclic) bond motifs is 1. The minimum atomic E-state index is -0.301. The van der Waals surface area contributed by atoms with Crippen LogP contribution in [-0.4, -0.2) is 10.8 Å². The Labute approximate surface area is 154 Å². The van der Waals surface area contributed by atoms with Crippen molar-refractivity contribution in [1.82, 2.24) is 4.98 Å². The minimum absolute atomic E-state index is 0.301. The van der Waals surface area contributed by atoms with Gasteiger partial charge in [-0.05, 0) is 30.2 Å². The van der Waals surface area contributed by atoms with Crippen LogP contribution in [0.2, 0.25) is 0 Å². The van der Waals surface area contributed by atoms with E-state index in [9.17, 15) is 4.79 Å². The van der Waals surface area contributed by atoms with E-state index in [1.165, 1.54) is 21.7 Å². The predicted molar refractivity (Wildman–Crippen MR) is 103 cm³/mol. The smallest absolute Gasteiger partial charge is 0.160 e. The van der Waals surface area contributed by atoms with Gasteiger partial charge >= 0.3 is 0 Å². The number of aromatic nitrogens is 1. The third-order valence-electron chi connectivity index (χ3n) is 6.16. The van der Waals surface area contributed by atoms with E-state index < -0.39 is 0 Å². The van der Waals surface area contributed by atoms with Gasteiger partial charge < -0.3 is 0 Å². The van der Waals surface area contributed by atoms with E-state index in [0.29, 0.717) is 24.0 Å². The molecule has 0 bridgehead atoms. The molecule has 0 aliphatic heterocycles. The second kappa shape index (κ2) is 6.21. The Morgan fingerprint density at radius 1 is 1.24 bits per heavy atom. The van der Waals surface area contributed by atoms with Crippen LogP contribution in [0, 0.1) is 11.8 Å². The molecular weight excluding hydrogens is 326 g/mol. The van der Waals surface area contributed by atoms with Gasteiger partial charge in [0.1, 0.15) is 0 Å². The number of Topliss-reactive ketones (excluding diaryl/α,β-unsaturated/α-hetero) is 1. The molecule has 2 atom stereocenters. The zero-order chi connectivity index (χ0) is 17.6. The monoisotopic (exact) mass is 351 g/mol. The lowest BCUT2D eigenvalue weighted by Crippen LogP contribution is -2.41. The Balaban J connectivity index is 1.96. The molecule has 2 aliphatic rings. The van der Waals surface area contributed by atoms with Crippen molar-refractivity contribution in [3.8, 4) is 0 Å². The van der Waals surface area contributed by atoms with Gasteiger partial charge in [0.2, 0.25) is 0 Å². The van der Waals surface area contributed by atoms with Crippen LogP contribution in [0.4, 0.5) is 0 Å². The normalized spacial score (nSPS) is 25.9. The molecule has 1 aromatic heterocycles. The molecule has 1 aromatic carbocycles. The summed E-state index contributed by atoms with van der Waals surface area (Å²) in [6.45, 7) is 6.70. The van der Waals surface area contributed by atoms with Gasteiger partial charge in [0, 0.05) is 23.3 Å². The van der Waals surface area contributed by atoms with Crippen molar-refractivity contribution in [2.75, 3.05) is 0 Å². The molecule has 2 aliphatic carbocycles. The summed E-state index contributed by atoms with van der Waals surface area (Å²) in [5.41, 5.74) is 6.53. The van der Waals surface area contributed by atoms with Gasteiger partial charge in [-0.3, -0.25) is 4.79 Å². The van der Waals surface area contributed by atoms with Crippen molar-refractivity contribution in [3.05, 3.63) is 63.1 Å². The molecule has 2 unspecified atom stereocenters. The zero-order valence-electron chi connectivity index (χ0n) is 15.2. The molecule has 0 N–H and O–H groups in total. The van der Waals surface area contributed by atoms with E-state index in [1.54, 1.807) is 11.3 Å². The van der Waals surface area contributed by atoms with Crippen LogP contribution in [0.15, 0.2) is 47.0 Å². The van der Waals surface area contributed by atoms with E-state index in [0.717, 1.165) is 24.8 Å². The first-order valence-electron chi connectivity index (χ1n) is 9.32. The first-order valence-corrected chi connectivity index (χ1v) is 10.2. The second-order valence-corrected chi connectivity index (χ2v) is 8.60. The minimum Gasteiger partial charge on any atom is -0.294 e. The molecule has 0 saturated carbocycles. The number of thiazole rings is 1. The van der Waals surface area contributed by atoms with Gasteiger partial charge in [-0.2, -0.15) is 0 Å². The zero-order valence-corrected chi connectivity index (χ0v) is 16.0. The van der Waals surface area contributed by atoms with E-state index in [-0.39, 0.29) is 5.41 Å². The Kier molecular flexibility index (Phi) is 4.15. The SMILES string of the molecule is CCC1(c2ccccc2)C2=C(Cc3ncsc31)CC(C(C)C)CC2=O. The number of nitrogens with zero attached hydrogens (tertiary/aromatic N) is 1. The lowest BCUT2D eigenvalue weighted by molar-refractivity contribution is -0.118. The summed E-state index contributed by atoms with van der Waals surface area (Å²) in [6, 6.07) is 10.6. The third-order valence-corrected chi connectivity index (χ3v) is 7.20. The number of ketones is 1.